The predicted octanol–water partition coefficient (Wildman–Crippen LogP) is 2.66. The Bertz CT molecular complexity index is 509. The van der Waals surface area contributed by atoms with Gasteiger partial charge in [-0.25, -0.2) is 4.79 Å². The Kier molecular flexibility index (Phi) is 3.39. The summed E-state index contributed by atoms with van der Waals surface area (Å²) < 4.78 is 5.37. The van der Waals surface area contributed by atoms with E-state index in [0.29, 0.717) is 5.75 Å². The molecule has 2 heterocycles. The van der Waals surface area contributed by atoms with Gasteiger partial charge in [-0.15, -0.1) is 11.3 Å². The molecule has 17 heavy (non-hydrogen) atoms. The van der Waals surface area contributed by atoms with Crippen molar-refractivity contribution in [2.75, 3.05) is 0 Å². The largest absolute Gasteiger partial charge is 0.479 e. The summed E-state index contributed by atoms with van der Waals surface area (Å²) in [5.74, 6) is -0.424. The summed E-state index contributed by atoms with van der Waals surface area (Å²) in [4.78, 5) is 14.9. The first kappa shape index (κ1) is 11.6. The number of hydrogen-bond acceptors (Lipinski definition) is 4. The maximum atomic E-state index is 10.7. The monoisotopic (exact) mass is 249 g/mol. The van der Waals surface area contributed by atoms with E-state index in [1.54, 1.807) is 11.6 Å². The van der Waals surface area contributed by atoms with Crippen LogP contribution in [0, 0.1) is 0 Å². The standard InChI is InChI=1S/C12H11NO3S/c1-8(12(14)15)16-11-7-17-6-9(11)10-4-2-3-5-13-10/h2-8H,1H3,(H,14,15). The smallest absolute Gasteiger partial charge is 0.344 e. The quantitative estimate of drug-likeness (QED) is 0.905. The van der Waals surface area contributed by atoms with Gasteiger partial charge in [0.25, 0.3) is 0 Å². The van der Waals surface area contributed by atoms with Gasteiger partial charge < -0.3 is 9.84 Å². The molecule has 5 heteroatoms. The van der Waals surface area contributed by atoms with Crippen molar-refractivity contribution in [1.82, 2.24) is 4.98 Å². The van der Waals surface area contributed by atoms with E-state index >= 15 is 0 Å². The van der Waals surface area contributed by atoms with Gasteiger partial charge in [-0.05, 0) is 19.1 Å². The number of carbonyl (C=O) groups is 1. The van der Waals surface area contributed by atoms with Crippen LogP contribution in [-0.4, -0.2) is 22.2 Å². The Morgan fingerprint density at radius 2 is 2.29 bits per heavy atom. The van der Waals surface area contributed by atoms with Crippen LogP contribution in [0.5, 0.6) is 5.75 Å². The minimum Gasteiger partial charge on any atom is -0.479 e. The summed E-state index contributed by atoms with van der Waals surface area (Å²) in [5.41, 5.74) is 1.60. The third-order valence-corrected chi connectivity index (χ3v) is 2.94. The molecule has 2 aromatic heterocycles. The number of thiophene rings is 1. The van der Waals surface area contributed by atoms with Gasteiger partial charge in [0.05, 0.1) is 11.3 Å². The number of ether oxygens (including phenoxy) is 1. The Morgan fingerprint density at radius 1 is 1.47 bits per heavy atom. The average Bonchev–Trinajstić information content (AvgIpc) is 2.78. The van der Waals surface area contributed by atoms with Gasteiger partial charge in [0.1, 0.15) is 5.75 Å². The lowest BCUT2D eigenvalue weighted by Crippen LogP contribution is -2.22. The van der Waals surface area contributed by atoms with Gasteiger partial charge in [0.2, 0.25) is 0 Å². The minimum absolute atomic E-state index is 0.559. The SMILES string of the molecule is CC(Oc1cscc1-c1ccccn1)C(=O)O. The fraction of sp³-hybridized carbons (Fsp3) is 0.167. The fourth-order valence-electron chi connectivity index (χ4n) is 1.33. The van der Waals surface area contributed by atoms with Crippen molar-refractivity contribution in [3.63, 3.8) is 0 Å². The first-order valence-corrected chi connectivity index (χ1v) is 6.00. The van der Waals surface area contributed by atoms with Gasteiger partial charge in [0, 0.05) is 17.0 Å². The number of hydrogen-bond donors (Lipinski definition) is 1. The third kappa shape index (κ3) is 2.62. The number of carboxylic acids is 1. The van der Waals surface area contributed by atoms with E-state index in [4.69, 9.17) is 9.84 Å². The molecule has 1 atom stereocenters. The molecule has 1 N–H and O–H groups in total. The Labute approximate surface area is 103 Å². The number of carboxylic acid groups (broad SMARTS) is 1. The van der Waals surface area contributed by atoms with E-state index in [-0.39, 0.29) is 0 Å². The van der Waals surface area contributed by atoms with E-state index < -0.39 is 12.1 Å². The molecule has 0 spiro atoms. The molecule has 0 aliphatic carbocycles. The summed E-state index contributed by atoms with van der Waals surface area (Å²) in [6.07, 6.45) is 0.823. The Hall–Kier alpha value is -1.88. The molecule has 2 rings (SSSR count). The van der Waals surface area contributed by atoms with Crippen molar-refractivity contribution < 1.29 is 14.6 Å². The molecule has 0 radical (unpaired) electrons. The lowest BCUT2D eigenvalue weighted by Gasteiger charge is -2.10. The van der Waals surface area contributed by atoms with Crippen molar-refractivity contribution in [1.29, 1.82) is 0 Å². The number of aromatic nitrogens is 1. The molecule has 0 bridgehead atoms. The topological polar surface area (TPSA) is 59.4 Å². The lowest BCUT2D eigenvalue weighted by molar-refractivity contribution is -0.144. The summed E-state index contributed by atoms with van der Waals surface area (Å²) in [6.45, 7) is 1.50. The second-order valence-corrected chi connectivity index (χ2v) is 4.21. The number of nitrogens with zero attached hydrogens (tertiary/aromatic N) is 1. The molecule has 88 valence electrons. The van der Waals surface area contributed by atoms with Crippen LogP contribution in [-0.2, 0) is 4.79 Å². The van der Waals surface area contributed by atoms with Crippen LogP contribution in [0.3, 0.4) is 0 Å². The van der Waals surface area contributed by atoms with Crippen LogP contribution in [0.4, 0.5) is 0 Å². The van der Waals surface area contributed by atoms with Crippen molar-refractivity contribution in [3.05, 3.63) is 35.2 Å². The number of aliphatic carboxylic acids is 1. The maximum absolute atomic E-state index is 10.7. The van der Waals surface area contributed by atoms with Crippen LogP contribution >= 0.6 is 11.3 Å². The maximum Gasteiger partial charge on any atom is 0.344 e. The molecule has 0 aliphatic rings. The Balaban J connectivity index is 2.26. The molecule has 0 amide bonds. The van der Waals surface area contributed by atoms with Gasteiger partial charge >= 0.3 is 5.97 Å². The van der Waals surface area contributed by atoms with E-state index in [1.165, 1.54) is 18.3 Å². The average molecular weight is 249 g/mol. The van der Waals surface area contributed by atoms with Crippen LogP contribution in [0.15, 0.2) is 35.2 Å². The zero-order valence-corrected chi connectivity index (χ0v) is 9.98. The molecule has 0 aromatic carbocycles. The molecule has 0 aliphatic heterocycles. The van der Waals surface area contributed by atoms with Gasteiger partial charge in [-0.2, -0.15) is 0 Å². The third-order valence-electron chi connectivity index (χ3n) is 2.22. The highest BCUT2D eigenvalue weighted by molar-refractivity contribution is 7.08. The summed E-state index contributed by atoms with van der Waals surface area (Å²) in [7, 11) is 0. The van der Waals surface area contributed by atoms with Gasteiger partial charge in [-0.3, -0.25) is 4.98 Å². The number of pyridine rings is 1. The Morgan fingerprint density at radius 3 is 2.94 bits per heavy atom. The molecule has 2 aromatic rings. The van der Waals surface area contributed by atoms with Crippen LogP contribution in [0.2, 0.25) is 0 Å². The van der Waals surface area contributed by atoms with E-state index in [9.17, 15) is 4.79 Å². The van der Waals surface area contributed by atoms with Crippen LogP contribution < -0.4 is 4.74 Å². The fourth-order valence-corrected chi connectivity index (χ4v) is 2.07. The molecule has 4 nitrogen and oxygen atoms in total. The summed E-state index contributed by atoms with van der Waals surface area (Å²) in [6, 6.07) is 5.57. The zero-order valence-electron chi connectivity index (χ0n) is 9.16. The molecule has 1 unspecified atom stereocenters. The van der Waals surface area contributed by atoms with Crippen molar-refractivity contribution >= 4 is 17.3 Å². The zero-order chi connectivity index (χ0) is 12.3. The van der Waals surface area contributed by atoms with Crippen LogP contribution in [0.1, 0.15) is 6.92 Å². The van der Waals surface area contributed by atoms with Crippen molar-refractivity contribution in [3.8, 4) is 17.0 Å². The molecule has 0 fully saturated rings. The highest BCUT2D eigenvalue weighted by Crippen LogP contribution is 2.32. The van der Waals surface area contributed by atoms with Gasteiger partial charge in [-0.1, -0.05) is 6.07 Å². The normalized spacial score (nSPS) is 12.1. The summed E-state index contributed by atoms with van der Waals surface area (Å²) >= 11 is 1.46. The predicted molar refractivity (Wildman–Crippen MR) is 65.3 cm³/mol. The van der Waals surface area contributed by atoms with Crippen LogP contribution in [0.25, 0.3) is 11.3 Å². The highest BCUT2D eigenvalue weighted by atomic mass is 32.1. The van der Waals surface area contributed by atoms with Crippen molar-refractivity contribution in [2.24, 2.45) is 0 Å². The van der Waals surface area contributed by atoms with E-state index in [1.807, 2.05) is 23.6 Å². The van der Waals surface area contributed by atoms with E-state index in [2.05, 4.69) is 4.98 Å². The number of rotatable bonds is 4. The second-order valence-electron chi connectivity index (χ2n) is 3.46. The highest BCUT2D eigenvalue weighted by Gasteiger charge is 2.16. The summed E-state index contributed by atoms with van der Waals surface area (Å²) in [5, 5.41) is 12.5. The van der Waals surface area contributed by atoms with Crippen molar-refractivity contribution in [2.45, 2.75) is 13.0 Å². The molecular weight excluding hydrogens is 238 g/mol. The first-order chi connectivity index (χ1) is 8.18. The van der Waals surface area contributed by atoms with E-state index in [0.717, 1.165) is 11.3 Å². The first-order valence-electron chi connectivity index (χ1n) is 5.05. The minimum atomic E-state index is -0.983. The molecular formula is C12H11NO3S. The molecule has 0 saturated carbocycles. The van der Waals surface area contributed by atoms with Gasteiger partial charge in [0.15, 0.2) is 6.10 Å². The molecule has 0 saturated heterocycles. The second kappa shape index (κ2) is 4.97. The lowest BCUT2D eigenvalue weighted by atomic mass is 10.2.